The summed E-state index contributed by atoms with van der Waals surface area (Å²) in [5.74, 6) is 1.84. The maximum atomic E-state index is 12.7. The van der Waals surface area contributed by atoms with Gasteiger partial charge in [-0.05, 0) is 38.0 Å². The van der Waals surface area contributed by atoms with E-state index in [0.717, 1.165) is 52.6 Å². The summed E-state index contributed by atoms with van der Waals surface area (Å²) >= 11 is 3.44. The first-order chi connectivity index (χ1) is 12.6. The number of anilines is 2. The molecule has 136 valence electrons. The Morgan fingerprint density at radius 3 is 2.77 bits per heavy atom. The minimum Gasteiger partial charge on any atom is -0.356 e. The maximum Gasteiger partial charge on any atom is 0.322 e. The molecule has 0 bridgehead atoms. The van der Waals surface area contributed by atoms with Crippen LogP contribution in [0.15, 0.2) is 28.7 Å². The molecule has 2 aliphatic heterocycles. The van der Waals surface area contributed by atoms with Crippen molar-refractivity contribution in [1.29, 1.82) is 0 Å². The quantitative estimate of drug-likeness (QED) is 0.811. The van der Waals surface area contributed by atoms with Gasteiger partial charge in [0.05, 0.1) is 12.2 Å². The van der Waals surface area contributed by atoms with Gasteiger partial charge in [-0.1, -0.05) is 22.0 Å². The zero-order valence-corrected chi connectivity index (χ0v) is 16.4. The second-order valence-electron chi connectivity index (χ2n) is 6.83. The Bertz CT molecular complexity index is 835. The van der Waals surface area contributed by atoms with Gasteiger partial charge >= 0.3 is 6.03 Å². The third-order valence-corrected chi connectivity index (χ3v) is 5.41. The molecule has 0 unspecified atom stereocenters. The first-order valence-corrected chi connectivity index (χ1v) is 9.82. The van der Waals surface area contributed by atoms with E-state index in [1.807, 2.05) is 36.1 Å². The summed E-state index contributed by atoms with van der Waals surface area (Å²) in [6.07, 6.45) is 3.17. The highest BCUT2D eigenvalue weighted by molar-refractivity contribution is 9.10. The zero-order chi connectivity index (χ0) is 18.1. The molecule has 7 heteroatoms. The molecule has 0 atom stereocenters. The van der Waals surface area contributed by atoms with Crippen LogP contribution in [-0.2, 0) is 13.0 Å². The van der Waals surface area contributed by atoms with Crippen LogP contribution in [0.4, 0.5) is 16.3 Å². The molecule has 3 heterocycles. The summed E-state index contributed by atoms with van der Waals surface area (Å²) in [4.78, 5) is 26.3. The molecule has 1 aromatic heterocycles. The number of fused-ring (bicyclic) bond motifs is 1. The lowest BCUT2D eigenvalue weighted by Crippen LogP contribution is -2.40. The summed E-state index contributed by atoms with van der Waals surface area (Å²) in [5.41, 5.74) is 2.98. The van der Waals surface area contributed by atoms with Crippen LogP contribution in [0.1, 0.15) is 29.9 Å². The third-order valence-electron chi connectivity index (χ3n) is 4.92. The van der Waals surface area contributed by atoms with Crippen molar-refractivity contribution >= 4 is 33.5 Å². The van der Waals surface area contributed by atoms with Gasteiger partial charge in [0.25, 0.3) is 0 Å². The Hall–Kier alpha value is -2.15. The number of nitrogens with zero attached hydrogens (tertiary/aromatic N) is 4. The molecule has 0 aliphatic carbocycles. The van der Waals surface area contributed by atoms with Crippen LogP contribution in [0.5, 0.6) is 0 Å². The number of amides is 2. The van der Waals surface area contributed by atoms with E-state index in [0.29, 0.717) is 13.1 Å². The number of aromatic nitrogens is 2. The molecule has 2 aliphatic rings. The van der Waals surface area contributed by atoms with Crippen LogP contribution < -0.4 is 10.2 Å². The SMILES string of the molecule is Cc1nc2c(c(N3CCCC3)n1)CN(C(=O)Nc1cccc(Br)c1)CC2. The van der Waals surface area contributed by atoms with Crippen LogP contribution >= 0.6 is 15.9 Å². The Morgan fingerprint density at radius 1 is 1.19 bits per heavy atom. The van der Waals surface area contributed by atoms with Gasteiger partial charge in [0.15, 0.2) is 0 Å². The van der Waals surface area contributed by atoms with Gasteiger partial charge in [0.2, 0.25) is 0 Å². The van der Waals surface area contributed by atoms with Crippen molar-refractivity contribution in [3.63, 3.8) is 0 Å². The standard InChI is InChI=1S/C19H22BrN5O/c1-13-21-17-7-10-25(19(26)23-15-6-4-5-14(20)11-15)12-16(17)18(22-13)24-8-2-3-9-24/h4-6,11H,2-3,7-10,12H2,1H3,(H,23,26). The number of rotatable bonds is 2. The molecular formula is C19H22BrN5O. The molecule has 26 heavy (non-hydrogen) atoms. The van der Waals surface area contributed by atoms with Gasteiger partial charge in [-0.3, -0.25) is 0 Å². The lowest BCUT2D eigenvalue weighted by molar-refractivity contribution is 0.206. The second-order valence-corrected chi connectivity index (χ2v) is 7.74. The monoisotopic (exact) mass is 415 g/mol. The van der Waals surface area contributed by atoms with E-state index < -0.39 is 0 Å². The predicted molar refractivity (Wildman–Crippen MR) is 105 cm³/mol. The fraction of sp³-hybridized carbons (Fsp3) is 0.421. The number of halogens is 1. The molecule has 1 saturated heterocycles. The third kappa shape index (κ3) is 3.53. The number of benzene rings is 1. The molecule has 2 amide bonds. The summed E-state index contributed by atoms with van der Waals surface area (Å²) in [6.45, 7) is 5.25. The van der Waals surface area contributed by atoms with Crippen molar-refractivity contribution in [3.8, 4) is 0 Å². The highest BCUT2D eigenvalue weighted by atomic mass is 79.9. The smallest absolute Gasteiger partial charge is 0.322 e. The molecule has 0 radical (unpaired) electrons. The fourth-order valence-electron chi connectivity index (χ4n) is 3.65. The number of hydrogen-bond acceptors (Lipinski definition) is 4. The van der Waals surface area contributed by atoms with Crippen LogP contribution in [0.3, 0.4) is 0 Å². The summed E-state index contributed by atoms with van der Waals surface area (Å²) in [6, 6.07) is 7.56. The number of hydrogen-bond donors (Lipinski definition) is 1. The van der Waals surface area contributed by atoms with E-state index in [4.69, 9.17) is 4.98 Å². The van der Waals surface area contributed by atoms with Crippen LogP contribution in [0.25, 0.3) is 0 Å². The van der Waals surface area contributed by atoms with Gasteiger partial charge < -0.3 is 15.1 Å². The van der Waals surface area contributed by atoms with Crippen LogP contribution in [0, 0.1) is 6.92 Å². The predicted octanol–water partition coefficient (Wildman–Crippen LogP) is 3.74. The van der Waals surface area contributed by atoms with Gasteiger partial charge in [-0.2, -0.15) is 0 Å². The van der Waals surface area contributed by atoms with Crippen molar-refractivity contribution in [1.82, 2.24) is 14.9 Å². The average Bonchev–Trinajstić information content (AvgIpc) is 3.15. The van der Waals surface area contributed by atoms with Crippen molar-refractivity contribution in [2.45, 2.75) is 32.7 Å². The molecule has 1 aromatic carbocycles. The summed E-state index contributed by atoms with van der Waals surface area (Å²) in [7, 11) is 0. The number of aryl methyl sites for hydroxylation is 1. The molecule has 1 N–H and O–H groups in total. The highest BCUT2D eigenvalue weighted by Gasteiger charge is 2.28. The highest BCUT2D eigenvalue weighted by Crippen LogP contribution is 2.29. The molecular weight excluding hydrogens is 394 g/mol. The number of carbonyl (C=O) groups is 1. The molecule has 2 aromatic rings. The molecule has 4 rings (SSSR count). The van der Waals surface area contributed by atoms with Gasteiger partial charge in [-0.15, -0.1) is 0 Å². The number of urea groups is 1. The van der Waals surface area contributed by atoms with E-state index in [9.17, 15) is 4.79 Å². The van der Waals surface area contributed by atoms with Crippen molar-refractivity contribution in [2.24, 2.45) is 0 Å². The molecule has 6 nitrogen and oxygen atoms in total. The average molecular weight is 416 g/mol. The summed E-state index contributed by atoms with van der Waals surface area (Å²) < 4.78 is 0.944. The van der Waals surface area contributed by atoms with Crippen LogP contribution in [0.2, 0.25) is 0 Å². The van der Waals surface area contributed by atoms with E-state index in [2.05, 4.69) is 31.1 Å². The van der Waals surface area contributed by atoms with Crippen LogP contribution in [-0.4, -0.2) is 40.5 Å². The first-order valence-electron chi connectivity index (χ1n) is 9.03. The Labute approximate surface area is 161 Å². The molecule has 0 spiro atoms. The number of nitrogens with one attached hydrogen (secondary N) is 1. The molecule has 0 saturated carbocycles. The van der Waals surface area contributed by atoms with Gasteiger partial charge in [0, 0.05) is 41.8 Å². The van der Waals surface area contributed by atoms with E-state index in [-0.39, 0.29) is 6.03 Å². The van der Waals surface area contributed by atoms with E-state index >= 15 is 0 Å². The van der Waals surface area contributed by atoms with Gasteiger partial charge in [0.1, 0.15) is 11.6 Å². The first kappa shape index (κ1) is 17.3. The van der Waals surface area contributed by atoms with E-state index in [1.54, 1.807) is 0 Å². The second kappa shape index (κ2) is 7.23. The maximum absolute atomic E-state index is 12.7. The Kier molecular flexibility index (Phi) is 4.80. The Balaban J connectivity index is 1.55. The number of carbonyl (C=O) groups excluding carboxylic acids is 1. The van der Waals surface area contributed by atoms with Crippen molar-refractivity contribution in [3.05, 3.63) is 45.8 Å². The fourth-order valence-corrected chi connectivity index (χ4v) is 4.05. The molecule has 1 fully saturated rings. The lowest BCUT2D eigenvalue weighted by Gasteiger charge is -2.31. The van der Waals surface area contributed by atoms with Crippen molar-refractivity contribution in [2.75, 3.05) is 29.9 Å². The van der Waals surface area contributed by atoms with Gasteiger partial charge in [-0.25, -0.2) is 14.8 Å². The minimum absolute atomic E-state index is 0.0818. The lowest BCUT2D eigenvalue weighted by atomic mass is 10.1. The van der Waals surface area contributed by atoms with E-state index in [1.165, 1.54) is 12.8 Å². The van der Waals surface area contributed by atoms with Crippen molar-refractivity contribution < 1.29 is 4.79 Å². The zero-order valence-electron chi connectivity index (χ0n) is 14.8. The topological polar surface area (TPSA) is 61.4 Å². The largest absolute Gasteiger partial charge is 0.356 e. The normalized spacial score (nSPS) is 16.5. The Morgan fingerprint density at radius 2 is 2.00 bits per heavy atom. The summed E-state index contributed by atoms with van der Waals surface area (Å²) in [5, 5.41) is 2.99. The minimum atomic E-state index is -0.0818.